The summed E-state index contributed by atoms with van der Waals surface area (Å²) in [6, 6.07) is 1.80. The van der Waals surface area contributed by atoms with Crippen LogP contribution < -0.4 is 4.90 Å². The molecular weight excluding hydrogens is 230 g/mol. The van der Waals surface area contributed by atoms with E-state index in [2.05, 4.69) is 15.1 Å². The molecular formula is C13H17N3O2. The molecule has 2 aliphatic rings. The van der Waals surface area contributed by atoms with Gasteiger partial charge in [0.15, 0.2) is 12.1 Å². The van der Waals surface area contributed by atoms with Gasteiger partial charge >= 0.3 is 0 Å². The Morgan fingerprint density at radius 2 is 2.06 bits per heavy atom. The lowest BCUT2D eigenvalue weighted by Gasteiger charge is -2.52. The Labute approximate surface area is 106 Å². The Morgan fingerprint density at radius 3 is 2.72 bits per heavy atom. The standard InChI is InChI=1S/C13H17N3O2/c1-10-6-11(7-17)12(15-14-10)16-8-13(9-16)2-4-18-5-3-13/h6-7H,2-5,8-9H2,1H3. The van der Waals surface area contributed by atoms with Crippen molar-refractivity contribution in [1.29, 1.82) is 0 Å². The maximum atomic E-state index is 11.1. The Balaban J connectivity index is 1.76. The first-order valence-electron chi connectivity index (χ1n) is 6.35. The van der Waals surface area contributed by atoms with Crippen LogP contribution in [0.4, 0.5) is 5.82 Å². The first kappa shape index (κ1) is 11.6. The van der Waals surface area contributed by atoms with Crippen LogP contribution in [0.1, 0.15) is 28.9 Å². The smallest absolute Gasteiger partial charge is 0.161 e. The third-order valence-corrected chi connectivity index (χ3v) is 3.96. The van der Waals surface area contributed by atoms with Crippen LogP contribution in [0.3, 0.4) is 0 Å². The van der Waals surface area contributed by atoms with E-state index in [-0.39, 0.29) is 0 Å². The average molecular weight is 247 g/mol. The summed E-state index contributed by atoms with van der Waals surface area (Å²) in [5.74, 6) is 0.729. The molecule has 2 saturated heterocycles. The number of carbonyl (C=O) groups excluding carboxylic acids is 1. The number of aldehydes is 1. The summed E-state index contributed by atoms with van der Waals surface area (Å²) in [5.41, 5.74) is 1.80. The first-order chi connectivity index (χ1) is 8.72. The van der Waals surface area contributed by atoms with Gasteiger partial charge in [0.1, 0.15) is 0 Å². The van der Waals surface area contributed by atoms with E-state index in [9.17, 15) is 4.79 Å². The van der Waals surface area contributed by atoms with Gasteiger partial charge in [-0.1, -0.05) is 0 Å². The van der Waals surface area contributed by atoms with Gasteiger partial charge in [0, 0.05) is 31.7 Å². The van der Waals surface area contributed by atoms with Crippen molar-refractivity contribution in [1.82, 2.24) is 10.2 Å². The fourth-order valence-corrected chi connectivity index (χ4v) is 2.87. The highest BCUT2D eigenvalue weighted by molar-refractivity contribution is 5.83. The number of rotatable bonds is 2. The second kappa shape index (κ2) is 4.31. The maximum absolute atomic E-state index is 11.1. The molecule has 0 aromatic carbocycles. The normalized spacial score (nSPS) is 21.7. The predicted molar refractivity (Wildman–Crippen MR) is 66.9 cm³/mol. The average Bonchev–Trinajstić information content (AvgIpc) is 2.37. The summed E-state index contributed by atoms with van der Waals surface area (Å²) in [4.78, 5) is 13.2. The Bertz CT molecular complexity index is 461. The third-order valence-electron chi connectivity index (χ3n) is 3.96. The van der Waals surface area contributed by atoms with E-state index in [0.29, 0.717) is 11.0 Å². The summed E-state index contributed by atoms with van der Waals surface area (Å²) in [6.07, 6.45) is 3.09. The van der Waals surface area contributed by atoms with E-state index >= 15 is 0 Å². The summed E-state index contributed by atoms with van der Waals surface area (Å²) in [7, 11) is 0. The highest BCUT2D eigenvalue weighted by Gasteiger charge is 2.44. The van der Waals surface area contributed by atoms with Gasteiger partial charge in [-0.05, 0) is 25.8 Å². The zero-order valence-corrected chi connectivity index (χ0v) is 10.6. The molecule has 3 rings (SSSR count). The van der Waals surface area contributed by atoms with E-state index in [0.717, 1.165) is 56.9 Å². The molecule has 0 amide bonds. The third kappa shape index (κ3) is 1.88. The Hall–Kier alpha value is -1.49. The van der Waals surface area contributed by atoms with Crippen molar-refractivity contribution < 1.29 is 9.53 Å². The minimum atomic E-state index is 0.380. The predicted octanol–water partition coefficient (Wildman–Crippen LogP) is 1.21. The molecule has 0 atom stereocenters. The number of anilines is 1. The molecule has 5 heteroatoms. The van der Waals surface area contributed by atoms with Crippen LogP contribution in [-0.2, 0) is 4.74 Å². The fourth-order valence-electron chi connectivity index (χ4n) is 2.87. The molecule has 1 aromatic heterocycles. The molecule has 0 aliphatic carbocycles. The lowest BCUT2D eigenvalue weighted by molar-refractivity contribution is -0.000548. The Morgan fingerprint density at radius 1 is 1.33 bits per heavy atom. The lowest BCUT2D eigenvalue weighted by Crippen LogP contribution is -2.59. The number of hydrogen-bond donors (Lipinski definition) is 0. The van der Waals surface area contributed by atoms with Crippen LogP contribution in [0.25, 0.3) is 0 Å². The molecule has 2 fully saturated rings. The van der Waals surface area contributed by atoms with Gasteiger partial charge in [-0.15, -0.1) is 5.10 Å². The minimum absolute atomic E-state index is 0.380. The van der Waals surface area contributed by atoms with Gasteiger partial charge in [0.05, 0.1) is 11.3 Å². The lowest BCUT2D eigenvalue weighted by atomic mass is 9.73. The van der Waals surface area contributed by atoms with Crippen molar-refractivity contribution in [3.8, 4) is 0 Å². The molecule has 0 unspecified atom stereocenters. The van der Waals surface area contributed by atoms with E-state index < -0.39 is 0 Å². The number of aromatic nitrogens is 2. The summed E-state index contributed by atoms with van der Waals surface area (Å²) < 4.78 is 5.40. The monoisotopic (exact) mass is 247 g/mol. The van der Waals surface area contributed by atoms with Crippen molar-refractivity contribution in [2.45, 2.75) is 19.8 Å². The van der Waals surface area contributed by atoms with Gasteiger partial charge in [-0.2, -0.15) is 5.10 Å². The van der Waals surface area contributed by atoms with Crippen LogP contribution in [0.2, 0.25) is 0 Å². The van der Waals surface area contributed by atoms with Gasteiger partial charge in [0.2, 0.25) is 0 Å². The van der Waals surface area contributed by atoms with Gasteiger partial charge in [0.25, 0.3) is 0 Å². The van der Waals surface area contributed by atoms with Crippen molar-refractivity contribution in [2.24, 2.45) is 5.41 Å². The second-order valence-corrected chi connectivity index (χ2v) is 5.35. The molecule has 3 heterocycles. The molecule has 0 saturated carbocycles. The highest BCUT2D eigenvalue weighted by atomic mass is 16.5. The number of carbonyl (C=O) groups is 1. The van der Waals surface area contributed by atoms with Crippen molar-refractivity contribution in [3.05, 3.63) is 17.3 Å². The van der Waals surface area contributed by atoms with E-state index in [1.54, 1.807) is 6.07 Å². The van der Waals surface area contributed by atoms with Crippen LogP contribution in [0.5, 0.6) is 0 Å². The highest BCUT2D eigenvalue weighted by Crippen LogP contribution is 2.41. The maximum Gasteiger partial charge on any atom is 0.161 e. The van der Waals surface area contributed by atoms with Crippen LogP contribution in [0.15, 0.2) is 6.07 Å². The van der Waals surface area contributed by atoms with Crippen molar-refractivity contribution >= 4 is 12.1 Å². The SMILES string of the molecule is Cc1cc(C=O)c(N2CC3(CCOCC3)C2)nn1. The molecule has 0 radical (unpaired) electrons. The van der Waals surface area contributed by atoms with E-state index in [4.69, 9.17) is 4.74 Å². The molecule has 1 aromatic rings. The largest absolute Gasteiger partial charge is 0.381 e. The van der Waals surface area contributed by atoms with Crippen LogP contribution in [-0.4, -0.2) is 42.8 Å². The summed E-state index contributed by atoms with van der Waals surface area (Å²) in [6.45, 7) is 5.49. The van der Waals surface area contributed by atoms with Gasteiger partial charge < -0.3 is 9.64 Å². The number of nitrogens with zero attached hydrogens (tertiary/aromatic N) is 3. The zero-order valence-electron chi connectivity index (χ0n) is 10.6. The quantitative estimate of drug-likeness (QED) is 0.735. The molecule has 0 bridgehead atoms. The molecule has 2 aliphatic heterocycles. The van der Waals surface area contributed by atoms with Gasteiger partial charge in [-0.25, -0.2) is 0 Å². The topological polar surface area (TPSA) is 55.3 Å². The number of ether oxygens (including phenoxy) is 1. The van der Waals surface area contributed by atoms with E-state index in [1.165, 1.54) is 0 Å². The van der Waals surface area contributed by atoms with Crippen molar-refractivity contribution in [3.63, 3.8) is 0 Å². The first-order valence-corrected chi connectivity index (χ1v) is 6.35. The van der Waals surface area contributed by atoms with Gasteiger partial charge in [-0.3, -0.25) is 4.79 Å². The van der Waals surface area contributed by atoms with Crippen molar-refractivity contribution in [2.75, 3.05) is 31.2 Å². The fraction of sp³-hybridized carbons (Fsp3) is 0.615. The summed E-state index contributed by atoms with van der Waals surface area (Å²) >= 11 is 0. The molecule has 0 N–H and O–H groups in total. The summed E-state index contributed by atoms with van der Waals surface area (Å²) in [5, 5.41) is 8.21. The zero-order chi connectivity index (χ0) is 12.6. The Kier molecular flexibility index (Phi) is 2.78. The molecule has 96 valence electrons. The number of hydrogen-bond acceptors (Lipinski definition) is 5. The van der Waals surface area contributed by atoms with E-state index in [1.807, 2.05) is 6.92 Å². The molecule has 18 heavy (non-hydrogen) atoms. The molecule has 5 nitrogen and oxygen atoms in total. The van der Waals surface area contributed by atoms with Crippen LogP contribution in [0, 0.1) is 12.3 Å². The number of aryl methyl sites for hydroxylation is 1. The minimum Gasteiger partial charge on any atom is -0.381 e. The second-order valence-electron chi connectivity index (χ2n) is 5.35. The molecule has 1 spiro atoms. The van der Waals surface area contributed by atoms with Crippen LogP contribution >= 0.6 is 0 Å².